The van der Waals surface area contributed by atoms with Crippen LogP contribution in [0.15, 0.2) is 0 Å². The molecule has 0 saturated heterocycles. The highest BCUT2D eigenvalue weighted by molar-refractivity contribution is 5.81. The van der Waals surface area contributed by atoms with Crippen molar-refractivity contribution in [1.82, 2.24) is 0 Å². The standard InChI is InChI=1S/C9H19NO2.C5H12/c1-6(11)8(10)7(2)12-9(3,4)5;1-5(2,3)4/h7-8H,10H2,1-5H3;1-4H3. The summed E-state index contributed by atoms with van der Waals surface area (Å²) in [6.07, 6.45) is -0.220. The summed E-state index contributed by atoms with van der Waals surface area (Å²) in [7, 11) is 0. The van der Waals surface area contributed by atoms with Crippen molar-refractivity contribution in [2.45, 2.75) is 80.1 Å². The van der Waals surface area contributed by atoms with Crippen LogP contribution in [0.25, 0.3) is 0 Å². The molecular formula is C14H31NO2. The molecule has 0 radical (unpaired) electrons. The molecule has 104 valence electrons. The Morgan fingerprint density at radius 2 is 1.35 bits per heavy atom. The molecular weight excluding hydrogens is 214 g/mol. The first kappa shape index (κ1) is 18.9. The van der Waals surface area contributed by atoms with Crippen LogP contribution in [0.4, 0.5) is 0 Å². The molecule has 0 fully saturated rings. The lowest BCUT2D eigenvalue weighted by Gasteiger charge is -2.27. The second-order valence-corrected chi connectivity index (χ2v) is 7.07. The largest absolute Gasteiger partial charge is 0.371 e. The molecule has 3 heteroatoms. The van der Waals surface area contributed by atoms with Gasteiger partial charge < -0.3 is 10.5 Å². The molecule has 0 aliphatic carbocycles. The topological polar surface area (TPSA) is 52.3 Å². The highest BCUT2D eigenvalue weighted by atomic mass is 16.5. The van der Waals surface area contributed by atoms with Crippen molar-refractivity contribution in [3.63, 3.8) is 0 Å². The molecule has 0 rings (SSSR count). The first-order valence-corrected chi connectivity index (χ1v) is 6.18. The number of hydrogen-bond acceptors (Lipinski definition) is 3. The summed E-state index contributed by atoms with van der Waals surface area (Å²) in [6.45, 7) is 17.9. The summed E-state index contributed by atoms with van der Waals surface area (Å²) in [6, 6.07) is -0.510. The number of Topliss-reactive ketones (excluding diaryl/α,β-unsaturated/α-hetero) is 1. The number of nitrogens with two attached hydrogens (primary N) is 1. The van der Waals surface area contributed by atoms with Crippen LogP contribution in [-0.2, 0) is 9.53 Å². The Morgan fingerprint density at radius 1 is 1.06 bits per heavy atom. The molecule has 0 saturated carbocycles. The number of carbonyl (C=O) groups is 1. The number of hydrogen-bond donors (Lipinski definition) is 1. The second-order valence-electron chi connectivity index (χ2n) is 7.07. The second kappa shape index (κ2) is 7.12. The zero-order chi connectivity index (χ0) is 14.4. The van der Waals surface area contributed by atoms with Crippen LogP contribution in [0.2, 0.25) is 0 Å². The summed E-state index contributed by atoms with van der Waals surface area (Å²) >= 11 is 0. The minimum absolute atomic E-state index is 0.0354. The number of carbonyl (C=O) groups excluding carboxylic acids is 1. The van der Waals surface area contributed by atoms with Crippen molar-refractivity contribution in [3.05, 3.63) is 0 Å². The lowest BCUT2D eigenvalue weighted by Crippen LogP contribution is -2.43. The van der Waals surface area contributed by atoms with Gasteiger partial charge >= 0.3 is 0 Å². The van der Waals surface area contributed by atoms with Crippen LogP contribution in [0.3, 0.4) is 0 Å². The van der Waals surface area contributed by atoms with Gasteiger partial charge in [0.2, 0.25) is 0 Å². The van der Waals surface area contributed by atoms with Crippen molar-refractivity contribution in [2.75, 3.05) is 0 Å². The molecule has 2 N–H and O–H groups in total. The van der Waals surface area contributed by atoms with Gasteiger partial charge in [0.05, 0.1) is 17.7 Å². The predicted molar refractivity (Wildman–Crippen MR) is 74.1 cm³/mol. The summed E-state index contributed by atoms with van der Waals surface area (Å²) in [4.78, 5) is 10.9. The Labute approximate surface area is 107 Å². The highest BCUT2D eigenvalue weighted by Crippen LogP contribution is 2.12. The third kappa shape index (κ3) is 18.2. The van der Waals surface area contributed by atoms with Crippen molar-refractivity contribution in [1.29, 1.82) is 0 Å². The average Bonchev–Trinajstić information content (AvgIpc) is 1.95. The number of ether oxygens (including phenoxy) is 1. The van der Waals surface area contributed by atoms with E-state index < -0.39 is 6.04 Å². The molecule has 2 atom stereocenters. The molecule has 0 aromatic heterocycles. The Morgan fingerprint density at radius 3 is 1.53 bits per heavy atom. The maximum absolute atomic E-state index is 10.9. The van der Waals surface area contributed by atoms with Gasteiger partial charge in [-0.25, -0.2) is 0 Å². The van der Waals surface area contributed by atoms with Crippen LogP contribution < -0.4 is 5.73 Å². The average molecular weight is 245 g/mol. The monoisotopic (exact) mass is 245 g/mol. The molecule has 2 unspecified atom stereocenters. The van der Waals surface area contributed by atoms with E-state index in [0.717, 1.165) is 0 Å². The Bertz CT molecular complexity index is 217. The zero-order valence-electron chi connectivity index (χ0n) is 13.0. The van der Waals surface area contributed by atoms with Crippen molar-refractivity contribution < 1.29 is 9.53 Å². The Kier molecular flexibility index (Phi) is 7.93. The van der Waals surface area contributed by atoms with Crippen LogP contribution in [-0.4, -0.2) is 23.5 Å². The molecule has 0 aliphatic rings. The van der Waals surface area contributed by atoms with E-state index in [1.165, 1.54) is 6.92 Å². The molecule has 0 bridgehead atoms. The fourth-order valence-corrected chi connectivity index (χ4v) is 0.962. The van der Waals surface area contributed by atoms with E-state index >= 15 is 0 Å². The van der Waals surface area contributed by atoms with E-state index in [4.69, 9.17) is 10.5 Å². The molecule has 17 heavy (non-hydrogen) atoms. The molecule has 3 nitrogen and oxygen atoms in total. The van der Waals surface area contributed by atoms with E-state index in [1.807, 2.05) is 27.7 Å². The third-order valence-electron chi connectivity index (χ3n) is 1.51. The summed E-state index contributed by atoms with van der Waals surface area (Å²) in [5.74, 6) is -0.0354. The van der Waals surface area contributed by atoms with Crippen LogP contribution >= 0.6 is 0 Å². The number of ketones is 1. The van der Waals surface area contributed by atoms with Gasteiger partial charge in [0.15, 0.2) is 0 Å². The third-order valence-corrected chi connectivity index (χ3v) is 1.51. The van der Waals surface area contributed by atoms with E-state index in [-0.39, 0.29) is 17.5 Å². The SMILES string of the molecule is CC(=O)C(N)C(C)OC(C)(C)C.CC(C)(C)C. The Balaban J connectivity index is 0. The van der Waals surface area contributed by atoms with Gasteiger partial charge in [0, 0.05) is 0 Å². The van der Waals surface area contributed by atoms with Gasteiger partial charge in [-0.2, -0.15) is 0 Å². The normalized spacial score (nSPS) is 15.6. The van der Waals surface area contributed by atoms with Gasteiger partial charge in [-0.15, -0.1) is 0 Å². The smallest absolute Gasteiger partial charge is 0.149 e. The molecule has 0 aromatic rings. The van der Waals surface area contributed by atoms with Crippen molar-refractivity contribution in [3.8, 4) is 0 Å². The summed E-state index contributed by atoms with van der Waals surface area (Å²) < 4.78 is 5.51. The van der Waals surface area contributed by atoms with Crippen molar-refractivity contribution >= 4 is 5.78 Å². The maximum atomic E-state index is 10.9. The van der Waals surface area contributed by atoms with E-state index in [1.54, 1.807) is 0 Å². The first-order chi connectivity index (χ1) is 7.24. The van der Waals surface area contributed by atoms with E-state index in [0.29, 0.717) is 5.41 Å². The fourth-order valence-electron chi connectivity index (χ4n) is 0.962. The minimum Gasteiger partial charge on any atom is -0.371 e. The first-order valence-electron chi connectivity index (χ1n) is 6.18. The fraction of sp³-hybridized carbons (Fsp3) is 0.929. The summed E-state index contributed by atoms with van der Waals surface area (Å²) in [5, 5.41) is 0. The predicted octanol–water partition coefficient (Wildman–Crippen LogP) is 3.16. The number of rotatable bonds is 3. The minimum atomic E-state index is -0.510. The molecule has 0 aromatic carbocycles. The van der Waals surface area contributed by atoms with Crippen LogP contribution in [0.1, 0.15) is 62.3 Å². The van der Waals surface area contributed by atoms with Gasteiger partial charge in [-0.3, -0.25) is 4.79 Å². The molecule has 0 aliphatic heterocycles. The molecule has 0 heterocycles. The maximum Gasteiger partial charge on any atom is 0.149 e. The lowest BCUT2D eigenvalue weighted by molar-refractivity contribution is -0.125. The van der Waals surface area contributed by atoms with Crippen LogP contribution in [0, 0.1) is 5.41 Å². The van der Waals surface area contributed by atoms with E-state index in [9.17, 15) is 4.79 Å². The Hall–Kier alpha value is -0.410. The van der Waals surface area contributed by atoms with Gasteiger partial charge in [0.25, 0.3) is 0 Å². The quantitative estimate of drug-likeness (QED) is 0.831. The molecule has 0 spiro atoms. The van der Waals surface area contributed by atoms with Crippen molar-refractivity contribution in [2.24, 2.45) is 11.1 Å². The van der Waals surface area contributed by atoms with E-state index in [2.05, 4.69) is 27.7 Å². The van der Waals surface area contributed by atoms with Gasteiger partial charge in [-0.05, 0) is 40.0 Å². The highest BCUT2D eigenvalue weighted by Gasteiger charge is 2.22. The zero-order valence-corrected chi connectivity index (χ0v) is 13.0. The lowest BCUT2D eigenvalue weighted by atomic mass is 10.0. The summed E-state index contributed by atoms with van der Waals surface area (Å²) in [5.41, 5.74) is 5.85. The van der Waals surface area contributed by atoms with Gasteiger partial charge in [-0.1, -0.05) is 27.7 Å². The molecule has 0 amide bonds. The van der Waals surface area contributed by atoms with Crippen LogP contribution in [0.5, 0.6) is 0 Å². The van der Waals surface area contributed by atoms with Gasteiger partial charge in [0.1, 0.15) is 5.78 Å².